The van der Waals surface area contributed by atoms with Gasteiger partial charge in [0.25, 0.3) is 0 Å². The first kappa shape index (κ1) is 20.4. The zero-order valence-electron chi connectivity index (χ0n) is 19.2. The van der Waals surface area contributed by atoms with Crippen molar-refractivity contribution < 1.29 is 8.81 Å². The van der Waals surface area contributed by atoms with E-state index in [0.29, 0.717) is 17.2 Å². The highest BCUT2D eigenvalue weighted by atomic mass is 19.1. The van der Waals surface area contributed by atoms with Crippen LogP contribution in [0.3, 0.4) is 0 Å². The molecule has 0 atom stereocenters. The fourth-order valence-electron chi connectivity index (χ4n) is 5.54. The number of furan rings is 1. The molecule has 0 spiro atoms. The number of rotatable bonds is 3. The average Bonchev–Trinajstić information content (AvgIpc) is 3.23. The molecule has 33 heavy (non-hydrogen) atoms. The molecule has 6 rings (SSSR count). The van der Waals surface area contributed by atoms with Crippen molar-refractivity contribution in [2.45, 2.75) is 57.8 Å². The second kappa shape index (κ2) is 7.98. The molecule has 2 aromatic heterocycles. The molecular formula is C30H28FNO. The molecule has 0 N–H and O–H groups in total. The Balaban J connectivity index is 1.61. The van der Waals surface area contributed by atoms with Gasteiger partial charge in [-0.25, -0.2) is 4.39 Å². The molecule has 0 bridgehead atoms. The predicted octanol–water partition coefficient (Wildman–Crippen LogP) is 9.11. The largest absolute Gasteiger partial charge is 0.455 e. The van der Waals surface area contributed by atoms with Gasteiger partial charge >= 0.3 is 0 Å². The van der Waals surface area contributed by atoms with Crippen LogP contribution in [0.15, 0.2) is 65.2 Å². The van der Waals surface area contributed by atoms with E-state index in [1.54, 1.807) is 6.20 Å². The first-order chi connectivity index (χ1) is 16.1. The molecule has 1 aliphatic rings. The molecule has 0 unspecified atom stereocenters. The van der Waals surface area contributed by atoms with E-state index in [1.807, 2.05) is 30.3 Å². The molecule has 0 amide bonds. The Morgan fingerprint density at radius 2 is 1.70 bits per heavy atom. The van der Waals surface area contributed by atoms with E-state index in [4.69, 9.17) is 9.40 Å². The fourth-order valence-corrected chi connectivity index (χ4v) is 5.54. The van der Waals surface area contributed by atoms with Crippen LogP contribution in [0.5, 0.6) is 0 Å². The van der Waals surface area contributed by atoms with Gasteiger partial charge in [-0.15, -0.1) is 0 Å². The SMILES string of the molecule is CC(C)c1cc(-c2nccc3c(F)c(C4CCCCC4)ccc23)c2oc3ccccc3c2c1. The summed E-state index contributed by atoms with van der Waals surface area (Å²) in [4.78, 5) is 4.75. The zero-order valence-corrected chi connectivity index (χ0v) is 19.2. The summed E-state index contributed by atoms with van der Waals surface area (Å²) in [6.07, 6.45) is 7.54. The number of pyridine rings is 1. The van der Waals surface area contributed by atoms with Crippen molar-refractivity contribution >= 4 is 32.7 Å². The summed E-state index contributed by atoms with van der Waals surface area (Å²) in [5, 5.41) is 3.69. The van der Waals surface area contributed by atoms with Gasteiger partial charge < -0.3 is 4.42 Å². The fraction of sp³-hybridized carbons (Fsp3) is 0.300. The van der Waals surface area contributed by atoms with Gasteiger partial charge in [0.2, 0.25) is 0 Å². The molecular weight excluding hydrogens is 409 g/mol. The third kappa shape index (κ3) is 3.33. The highest BCUT2D eigenvalue weighted by Crippen LogP contribution is 2.41. The summed E-state index contributed by atoms with van der Waals surface area (Å²) in [5.74, 6) is 0.599. The van der Waals surface area contributed by atoms with Crippen LogP contribution in [0.1, 0.15) is 68.9 Å². The Kier molecular flexibility index (Phi) is 4.94. The maximum atomic E-state index is 15.8. The van der Waals surface area contributed by atoms with Crippen LogP contribution in [0.4, 0.5) is 4.39 Å². The van der Waals surface area contributed by atoms with Crippen LogP contribution in [0, 0.1) is 5.82 Å². The summed E-state index contributed by atoms with van der Waals surface area (Å²) in [6, 6.07) is 18.4. The van der Waals surface area contributed by atoms with Crippen molar-refractivity contribution in [2.24, 2.45) is 0 Å². The Labute approximate surface area is 193 Å². The topological polar surface area (TPSA) is 26.0 Å². The second-order valence-corrected chi connectivity index (χ2v) is 9.76. The smallest absolute Gasteiger partial charge is 0.144 e. The predicted molar refractivity (Wildman–Crippen MR) is 134 cm³/mol. The molecule has 0 saturated heterocycles. The number of benzene rings is 3. The lowest BCUT2D eigenvalue weighted by molar-refractivity contribution is 0.431. The van der Waals surface area contributed by atoms with E-state index >= 15 is 4.39 Å². The van der Waals surface area contributed by atoms with Crippen molar-refractivity contribution in [3.63, 3.8) is 0 Å². The van der Waals surface area contributed by atoms with Gasteiger partial charge in [0.1, 0.15) is 17.0 Å². The summed E-state index contributed by atoms with van der Waals surface area (Å²) in [7, 11) is 0. The van der Waals surface area contributed by atoms with Crippen LogP contribution >= 0.6 is 0 Å². The van der Waals surface area contributed by atoms with Crippen LogP contribution in [-0.2, 0) is 0 Å². The van der Waals surface area contributed by atoms with Gasteiger partial charge in [-0.2, -0.15) is 0 Å². The van der Waals surface area contributed by atoms with Crippen molar-refractivity contribution in [1.82, 2.24) is 4.98 Å². The maximum absolute atomic E-state index is 15.8. The van der Waals surface area contributed by atoms with E-state index in [1.165, 1.54) is 24.8 Å². The quantitative estimate of drug-likeness (QED) is 0.281. The normalized spacial score (nSPS) is 15.3. The zero-order chi connectivity index (χ0) is 22.5. The van der Waals surface area contributed by atoms with E-state index in [9.17, 15) is 0 Å². The lowest BCUT2D eigenvalue weighted by Gasteiger charge is -2.23. The minimum absolute atomic E-state index is 0.0797. The van der Waals surface area contributed by atoms with E-state index < -0.39 is 0 Å². The number of para-hydroxylation sites is 1. The van der Waals surface area contributed by atoms with Gasteiger partial charge in [-0.05, 0) is 60.1 Å². The third-order valence-electron chi connectivity index (χ3n) is 7.38. The summed E-state index contributed by atoms with van der Waals surface area (Å²) in [5.41, 5.74) is 5.49. The Hall–Kier alpha value is -3.20. The van der Waals surface area contributed by atoms with Crippen molar-refractivity contribution in [3.05, 3.63) is 77.7 Å². The van der Waals surface area contributed by atoms with Crippen molar-refractivity contribution in [1.29, 1.82) is 0 Å². The first-order valence-corrected chi connectivity index (χ1v) is 12.1. The lowest BCUT2D eigenvalue weighted by Crippen LogP contribution is -2.07. The molecule has 1 aliphatic carbocycles. The molecule has 5 aromatic rings. The molecule has 3 heteroatoms. The highest BCUT2D eigenvalue weighted by Gasteiger charge is 2.23. The second-order valence-electron chi connectivity index (χ2n) is 9.76. The van der Waals surface area contributed by atoms with Crippen LogP contribution < -0.4 is 0 Å². The highest BCUT2D eigenvalue weighted by molar-refractivity contribution is 6.12. The Bertz CT molecular complexity index is 1490. The van der Waals surface area contributed by atoms with Crippen molar-refractivity contribution in [3.8, 4) is 11.3 Å². The lowest BCUT2D eigenvalue weighted by atomic mass is 9.83. The molecule has 166 valence electrons. The number of nitrogens with zero attached hydrogens (tertiary/aromatic N) is 1. The Morgan fingerprint density at radius 3 is 2.52 bits per heavy atom. The average molecular weight is 438 g/mol. The number of fused-ring (bicyclic) bond motifs is 4. The van der Waals surface area contributed by atoms with Gasteiger partial charge in [0.15, 0.2) is 0 Å². The van der Waals surface area contributed by atoms with E-state index in [0.717, 1.165) is 57.0 Å². The van der Waals surface area contributed by atoms with Gasteiger partial charge in [-0.1, -0.05) is 63.4 Å². The molecule has 3 aromatic carbocycles. The van der Waals surface area contributed by atoms with Crippen molar-refractivity contribution in [2.75, 3.05) is 0 Å². The molecule has 0 radical (unpaired) electrons. The number of hydrogen-bond donors (Lipinski definition) is 0. The van der Waals surface area contributed by atoms with Crippen LogP contribution in [-0.4, -0.2) is 4.98 Å². The molecule has 2 nitrogen and oxygen atoms in total. The van der Waals surface area contributed by atoms with E-state index in [2.05, 4.69) is 38.1 Å². The van der Waals surface area contributed by atoms with Crippen LogP contribution in [0.2, 0.25) is 0 Å². The molecule has 1 saturated carbocycles. The Morgan fingerprint density at radius 1 is 0.879 bits per heavy atom. The van der Waals surface area contributed by atoms with Gasteiger partial charge in [0.05, 0.1) is 5.69 Å². The maximum Gasteiger partial charge on any atom is 0.144 e. The number of aromatic nitrogens is 1. The molecule has 1 fully saturated rings. The van der Waals surface area contributed by atoms with Gasteiger partial charge in [0, 0.05) is 33.3 Å². The van der Waals surface area contributed by atoms with Crippen LogP contribution in [0.25, 0.3) is 44.0 Å². The molecule has 2 heterocycles. The summed E-state index contributed by atoms with van der Waals surface area (Å²) < 4.78 is 22.1. The van der Waals surface area contributed by atoms with E-state index in [-0.39, 0.29) is 5.82 Å². The minimum Gasteiger partial charge on any atom is -0.455 e. The molecule has 0 aliphatic heterocycles. The number of hydrogen-bond acceptors (Lipinski definition) is 2. The number of halogens is 1. The standard InChI is InChI=1S/C30H28FNO/c1-18(2)20-16-25-22-10-6-7-11-27(22)33-30(25)26(17-20)29-24-13-12-21(19-8-4-3-5-9-19)28(31)23(24)14-15-32-29/h6-7,10-19H,3-5,8-9H2,1-2H3. The monoisotopic (exact) mass is 437 g/mol. The van der Waals surface area contributed by atoms with Gasteiger partial charge in [-0.3, -0.25) is 4.98 Å². The summed E-state index contributed by atoms with van der Waals surface area (Å²) >= 11 is 0. The summed E-state index contributed by atoms with van der Waals surface area (Å²) in [6.45, 7) is 4.39. The minimum atomic E-state index is -0.0797. The first-order valence-electron chi connectivity index (χ1n) is 12.1. The third-order valence-corrected chi connectivity index (χ3v) is 7.38.